The lowest BCUT2D eigenvalue weighted by Crippen LogP contribution is -1.84. The van der Waals surface area contributed by atoms with E-state index in [1.807, 2.05) is 0 Å². The van der Waals surface area contributed by atoms with Crippen molar-refractivity contribution in [3.63, 3.8) is 0 Å². The largest absolute Gasteiger partial charge is 0.481 e. The second kappa shape index (κ2) is 21.7. The Labute approximate surface area is 112 Å². The molecule has 0 aromatic carbocycles. The number of rotatable bonds is 10. The van der Waals surface area contributed by atoms with Crippen LogP contribution in [0.4, 0.5) is 0 Å². The Hall–Kier alpha value is -0.610. The average molecular weight is 263 g/mol. The molecule has 0 radical (unpaired) electrons. The standard InChI is InChI=1S/C12H26O.C2H4O2.H3N/c1-2-3-4-5-6-7-8-9-10-11-12-13;1-2(3)4;/h13H,2-12H2,1H3;1H3,(H,3,4);1H3. The molecule has 0 fully saturated rings. The van der Waals surface area contributed by atoms with Gasteiger partial charge in [0.05, 0.1) is 0 Å². The van der Waals surface area contributed by atoms with Crippen LogP contribution in [0.5, 0.6) is 0 Å². The summed E-state index contributed by atoms with van der Waals surface area (Å²) in [6, 6.07) is 0. The van der Waals surface area contributed by atoms with Crippen LogP contribution in [0.15, 0.2) is 0 Å². The van der Waals surface area contributed by atoms with Crippen molar-refractivity contribution in [2.45, 2.75) is 78.1 Å². The van der Waals surface area contributed by atoms with Gasteiger partial charge in [-0.3, -0.25) is 4.79 Å². The highest BCUT2D eigenvalue weighted by molar-refractivity contribution is 5.62. The molecule has 0 aliphatic heterocycles. The molecule has 5 N–H and O–H groups in total. The third kappa shape index (κ3) is 36.1. The number of unbranched alkanes of at least 4 members (excludes halogenated alkanes) is 9. The lowest BCUT2D eigenvalue weighted by atomic mass is 10.1. The highest BCUT2D eigenvalue weighted by Crippen LogP contribution is 2.09. The van der Waals surface area contributed by atoms with Gasteiger partial charge in [0, 0.05) is 13.5 Å². The van der Waals surface area contributed by atoms with E-state index in [0.717, 1.165) is 13.3 Å². The van der Waals surface area contributed by atoms with E-state index in [4.69, 9.17) is 15.0 Å². The SMILES string of the molecule is CC(=O)O.CCCCCCCCCCCCO.N. The number of carbonyl (C=O) groups is 1. The molecule has 0 aromatic rings. The van der Waals surface area contributed by atoms with Crippen molar-refractivity contribution in [3.05, 3.63) is 0 Å². The van der Waals surface area contributed by atoms with Crippen molar-refractivity contribution in [2.75, 3.05) is 6.61 Å². The first kappa shape index (κ1) is 22.6. The minimum absolute atomic E-state index is 0. The summed E-state index contributed by atoms with van der Waals surface area (Å²) in [6.45, 7) is 3.71. The molecule has 0 amide bonds. The van der Waals surface area contributed by atoms with E-state index in [2.05, 4.69) is 6.92 Å². The summed E-state index contributed by atoms with van der Waals surface area (Å²) in [5.41, 5.74) is 0. The molecule has 0 saturated heterocycles. The fourth-order valence-corrected chi connectivity index (χ4v) is 1.60. The first-order chi connectivity index (χ1) is 8.15. The van der Waals surface area contributed by atoms with E-state index >= 15 is 0 Å². The van der Waals surface area contributed by atoms with Crippen molar-refractivity contribution in [3.8, 4) is 0 Å². The highest BCUT2D eigenvalue weighted by Gasteiger charge is 1.91. The normalized spacial score (nSPS) is 9.06. The summed E-state index contributed by atoms with van der Waals surface area (Å²) in [6.07, 6.45) is 13.3. The van der Waals surface area contributed by atoms with Gasteiger partial charge in [-0.05, 0) is 6.42 Å². The van der Waals surface area contributed by atoms with Gasteiger partial charge in [-0.1, -0.05) is 64.7 Å². The van der Waals surface area contributed by atoms with E-state index in [-0.39, 0.29) is 6.15 Å². The fraction of sp³-hybridized carbons (Fsp3) is 0.929. The topological polar surface area (TPSA) is 92.5 Å². The van der Waals surface area contributed by atoms with Gasteiger partial charge in [0.25, 0.3) is 5.97 Å². The van der Waals surface area contributed by atoms with E-state index in [1.165, 1.54) is 57.8 Å². The number of hydrogen-bond acceptors (Lipinski definition) is 3. The van der Waals surface area contributed by atoms with Gasteiger partial charge in [-0.15, -0.1) is 0 Å². The molecule has 112 valence electrons. The molecule has 0 saturated carbocycles. The van der Waals surface area contributed by atoms with Gasteiger partial charge < -0.3 is 16.4 Å². The number of carboxylic acids is 1. The predicted octanol–water partition coefficient (Wildman–Crippen LogP) is 4.15. The molecule has 4 heteroatoms. The molecule has 18 heavy (non-hydrogen) atoms. The van der Waals surface area contributed by atoms with Crippen LogP contribution in [-0.4, -0.2) is 22.8 Å². The minimum atomic E-state index is -0.833. The van der Waals surface area contributed by atoms with Gasteiger partial charge >= 0.3 is 0 Å². The first-order valence-corrected chi connectivity index (χ1v) is 6.95. The Morgan fingerprint density at radius 2 is 1.11 bits per heavy atom. The summed E-state index contributed by atoms with van der Waals surface area (Å²) in [4.78, 5) is 9.00. The third-order valence-corrected chi connectivity index (χ3v) is 2.51. The molecule has 0 unspecified atom stereocenters. The molecule has 0 spiro atoms. The Morgan fingerprint density at radius 3 is 1.39 bits per heavy atom. The summed E-state index contributed by atoms with van der Waals surface area (Å²) in [7, 11) is 0. The van der Waals surface area contributed by atoms with Crippen LogP contribution in [0.3, 0.4) is 0 Å². The van der Waals surface area contributed by atoms with Gasteiger partial charge in [-0.2, -0.15) is 0 Å². The molecule has 0 bridgehead atoms. The van der Waals surface area contributed by atoms with Crippen LogP contribution in [0, 0.1) is 0 Å². The Morgan fingerprint density at radius 1 is 0.833 bits per heavy atom. The Kier molecular flexibility index (Phi) is 27.1. The van der Waals surface area contributed by atoms with Crippen LogP contribution in [0.1, 0.15) is 78.1 Å². The first-order valence-electron chi connectivity index (χ1n) is 6.95. The summed E-state index contributed by atoms with van der Waals surface area (Å²) < 4.78 is 0. The van der Waals surface area contributed by atoms with Crippen LogP contribution in [0.2, 0.25) is 0 Å². The number of aliphatic carboxylic acids is 1. The number of hydrogen-bond donors (Lipinski definition) is 3. The van der Waals surface area contributed by atoms with Gasteiger partial charge in [0.1, 0.15) is 0 Å². The lowest BCUT2D eigenvalue weighted by Gasteiger charge is -2.00. The van der Waals surface area contributed by atoms with Crippen molar-refractivity contribution in [1.82, 2.24) is 6.15 Å². The van der Waals surface area contributed by atoms with Crippen molar-refractivity contribution >= 4 is 5.97 Å². The minimum Gasteiger partial charge on any atom is -0.481 e. The second-order valence-electron chi connectivity index (χ2n) is 4.42. The molecular weight excluding hydrogens is 230 g/mol. The van der Waals surface area contributed by atoms with Crippen LogP contribution < -0.4 is 6.15 Å². The number of aliphatic hydroxyl groups is 1. The molecule has 4 nitrogen and oxygen atoms in total. The second-order valence-corrected chi connectivity index (χ2v) is 4.42. The number of carboxylic acid groups (broad SMARTS) is 1. The van der Waals surface area contributed by atoms with Gasteiger partial charge in [0.15, 0.2) is 0 Å². The lowest BCUT2D eigenvalue weighted by molar-refractivity contribution is -0.134. The highest BCUT2D eigenvalue weighted by atomic mass is 16.4. The van der Waals surface area contributed by atoms with Gasteiger partial charge in [0.2, 0.25) is 0 Å². The Bertz CT molecular complexity index is 138. The molecule has 0 aliphatic rings. The molecule has 0 heterocycles. The monoisotopic (exact) mass is 263 g/mol. The van der Waals surface area contributed by atoms with Gasteiger partial charge in [-0.25, -0.2) is 0 Å². The molecule has 0 rings (SSSR count). The molecule has 0 aliphatic carbocycles. The zero-order chi connectivity index (χ0) is 13.4. The van der Waals surface area contributed by atoms with Crippen LogP contribution >= 0.6 is 0 Å². The maximum absolute atomic E-state index is 9.00. The smallest absolute Gasteiger partial charge is 0.300 e. The van der Waals surface area contributed by atoms with Crippen LogP contribution in [0.25, 0.3) is 0 Å². The van der Waals surface area contributed by atoms with Crippen molar-refractivity contribution < 1.29 is 15.0 Å². The predicted molar refractivity (Wildman–Crippen MR) is 77.3 cm³/mol. The van der Waals surface area contributed by atoms with E-state index < -0.39 is 5.97 Å². The summed E-state index contributed by atoms with van der Waals surface area (Å²) in [5.74, 6) is -0.833. The summed E-state index contributed by atoms with van der Waals surface area (Å²) in [5, 5.41) is 16.0. The fourth-order valence-electron chi connectivity index (χ4n) is 1.60. The Balaban J connectivity index is -0.000000392. The molecular formula is C14H33NO3. The van der Waals surface area contributed by atoms with Crippen molar-refractivity contribution in [1.29, 1.82) is 0 Å². The van der Waals surface area contributed by atoms with E-state index in [9.17, 15) is 0 Å². The molecule has 0 atom stereocenters. The zero-order valence-corrected chi connectivity index (χ0v) is 12.3. The maximum atomic E-state index is 9.00. The van der Waals surface area contributed by atoms with E-state index in [1.54, 1.807) is 0 Å². The van der Waals surface area contributed by atoms with E-state index in [0.29, 0.717) is 6.61 Å². The van der Waals surface area contributed by atoms with Crippen molar-refractivity contribution in [2.24, 2.45) is 0 Å². The molecule has 0 aromatic heterocycles. The maximum Gasteiger partial charge on any atom is 0.300 e. The van der Waals surface area contributed by atoms with Crippen LogP contribution in [-0.2, 0) is 4.79 Å². The average Bonchev–Trinajstić information content (AvgIpc) is 2.26. The number of aliphatic hydroxyl groups excluding tert-OH is 1. The summed E-state index contributed by atoms with van der Waals surface area (Å²) >= 11 is 0. The quantitative estimate of drug-likeness (QED) is 0.516. The third-order valence-electron chi connectivity index (χ3n) is 2.51. The zero-order valence-electron chi connectivity index (χ0n) is 12.3.